The second-order valence-corrected chi connectivity index (χ2v) is 4.88. The fourth-order valence-corrected chi connectivity index (χ4v) is 2.21. The third-order valence-electron chi connectivity index (χ3n) is 3.40. The van der Waals surface area contributed by atoms with Crippen LogP contribution in [0.25, 0.3) is 0 Å². The lowest BCUT2D eigenvalue weighted by atomic mass is 10.1. The maximum atomic E-state index is 5.45. The molecular weight excluding hydrogens is 222 g/mol. The average molecular weight is 249 g/mol. The summed E-state index contributed by atoms with van der Waals surface area (Å²) in [5, 5.41) is 3.56. The van der Waals surface area contributed by atoms with Crippen molar-refractivity contribution in [2.75, 3.05) is 13.7 Å². The highest BCUT2D eigenvalue weighted by Crippen LogP contribution is 2.12. The predicted octanol–water partition coefficient (Wildman–Crippen LogP) is 3.93. The number of benzene rings is 1. The van der Waals surface area contributed by atoms with Crippen LogP contribution in [0.3, 0.4) is 0 Å². The van der Waals surface area contributed by atoms with E-state index in [2.05, 4.69) is 49.5 Å². The van der Waals surface area contributed by atoms with E-state index in [1.165, 1.54) is 24.8 Å². The fourth-order valence-electron chi connectivity index (χ4n) is 2.21. The van der Waals surface area contributed by atoms with Crippen LogP contribution in [-0.4, -0.2) is 19.8 Å². The standard InChI is InChI=1S/C16H27NO/c1-4-9-16(18-3)12-8-13-17-14(2)15-10-6-5-7-11-15/h5-7,10-11,14,16-17H,4,8-9,12-13H2,1-3H3. The molecule has 0 aromatic heterocycles. The number of methoxy groups -OCH3 is 1. The third-order valence-corrected chi connectivity index (χ3v) is 3.40. The van der Waals surface area contributed by atoms with Crippen LogP contribution in [0.2, 0.25) is 0 Å². The Bertz CT molecular complexity index is 299. The lowest BCUT2D eigenvalue weighted by Gasteiger charge is -2.17. The first kappa shape index (κ1) is 15.2. The molecule has 0 aliphatic rings. The zero-order chi connectivity index (χ0) is 13.2. The Morgan fingerprint density at radius 1 is 1.17 bits per heavy atom. The van der Waals surface area contributed by atoms with Gasteiger partial charge >= 0.3 is 0 Å². The van der Waals surface area contributed by atoms with Crippen LogP contribution in [-0.2, 0) is 4.74 Å². The molecule has 1 N–H and O–H groups in total. The zero-order valence-corrected chi connectivity index (χ0v) is 12.0. The van der Waals surface area contributed by atoms with Crippen LogP contribution in [0.4, 0.5) is 0 Å². The van der Waals surface area contributed by atoms with E-state index in [4.69, 9.17) is 4.74 Å². The van der Waals surface area contributed by atoms with Gasteiger partial charge in [-0.1, -0.05) is 43.7 Å². The van der Waals surface area contributed by atoms with Gasteiger partial charge in [-0.3, -0.25) is 0 Å². The minimum Gasteiger partial charge on any atom is -0.381 e. The number of hydrogen-bond acceptors (Lipinski definition) is 2. The Morgan fingerprint density at radius 3 is 2.50 bits per heavy atom. The molecule has 0 saturated heterocycles. The molecule has 0 heterocycles. The smallest absolute Gasteiger partial charge is 0.0571 e. The van der Waals surface area contributed by atoms with E-state index in [1.54, 1.807) is 0 Å². The van der Waals surface area contributed by atoms with Gasteiger partial charge < -0.3 is 10.1 Å². The summed E-state index contributed by atoms with van der Waals surface area (Å²) in [6, 6.07) is 11.0. The number of ether oxygens (including phenoxy) is 1. The van der Waals surface area contributed by atoms with Crippen LogP contribution in [0, 0.1) is 0 Å². The van der Waals surface area contributed by atoms with E-state index in [0.717, 1.165) is 13.0 Å². The molecular formula is C16H27NO. The molecule has 2 atom stereocenters. The highest BCUT2D eigenvalue weighted by Gasteiger charge is 2.07. The summed E-state index contributed by atoms with van der Waals surface area (Å²) in [6.45, 7) is 5.48. The molecule has 1 aromatic carbocycles. The minimum absolute atomic E-state index is 0.429. The monoisotopic (exact) mass is 249 g/mol. The minimum atomic E-state index is 0.429. The van der Waals surface area contributed by atoms with E-state index in [1.807, 2.05) is 7.11 Å². The molecule has 1 aromatic rings. The van der Waals surface area contributed by atoms with Crippen molar-refractivity contribution in [3.05, 3.63) is 35.9 Å². The Hall–Kier alpha value is -0.860. The Labute approximate surface area is 112 Å². The fraction of sp³-hybridized carbons (Fsp3) is 0.625. The largest absolute Gasteiger partial charge is 0.381 e. The lowest BCUT2D eigenvalue weighted by molar-refractivity contribution is 0.0854. The van der Waals surface area contributed by atoms with E-state index in [-0.39, 0.29) is 0 Å². The molecule has 0 radical (unpaired) electrons. The van der Waals surface area contributed by atoms with Crippen LogP contribution in [0.5, 0.6) is 0 Å². The van der Waals surface area contributed by atoms with Crippen molar-refractivity contribution in [1.82, 2.24) is 5.32 Å². The second-order valence-electron chi connectivity index (χ2n) is 4.88. The number of nitrogens with one attached hydrogen (secondary N) is 1. The molecule has 2 unspecified atom stereocenters. The first-order chi connectivity index (χ1) is 8.77. The number of rotatable bonds is 9. The van der Waals surface area contributed by atoms with Crippen molar-refractivity contribution in [3.63, 3.8) is 0 Å². The summed E-state index contributed by atoms with van der Waals surface area (Å²) >= 11 is 0. The summed E-state index contributed by atoms with van der Waals surface area (Å²) < 4.78 is 5.45. The van der Waals surface area contributed by atoms with Gasteiger partial charge in [0.2, 0.25) is 0 Å². The summed E-state index contributed by atoms with van der Waals surface area (Å²) in [5.41, 5.74) is 1.36. The summed E-state index contributed by atoms with van der Waals surface area (Å²) in [7, 11) is 1.82. The quantitative estimate of drug-likeness (QED) is 0.669. The Morgan fingerprint density at radius 2 is 1.89 bits per heavy atom. The lowest BCUT2D eigenvalue weighted by Crippen LogP contribution is -2.21. The SMILES string of the molecule is CCCC(CCCNC(C)c1ccccc1)OC. The summed E-state index contributed by atoms with van der Waals surface area (Å²) in [6.07, 6.45) is 5.13. The van der Waals surface area contributed by atoms with E-state index >= 15 is 0 Å². The van der Waals surface area contributed by atoms with Gasteiger partial charge in [0, 0.05) is 13.2 Å². The van der Waals surface area contributed by atoms with Gasteiger partial charge in [-0.2, -0.15) is 0 Å². The molecule has 2 heteroatoms. The molecule has 0 aliphatic carbocycles. The van der Waals surface area contributed by atoms with Gasteiger partial charge in [-0.15, -0.1) is 0 Å². The van der Waals surface area contributed by atoms with Crippen molar-refractivity contribution in [3.8, 4) is 0 Å². The third kappa shape index (κ3) is 5.65. The second kappa shape index (κ2) is 9.12. The maximum Gasteiger partial charge on any atom is 0.0571 e. The van der Waals surface area contributed by atoms with Gasteiger partial charge in [-0.25, -0.2) is 0 Å². The maximum absolute atomic E-state index is 5.45. The molecule has 0 spiro atoms. The highest BCUT2D eigenvalue weighted by molar-refractivity contribution is 5.17. The molecule has 2 nitrogen and oxygen atoms in total. The molecule has 0 saturated carbocycles. The molecule has 18 heavy (non-hydrogen) atoms. The van der Waals surface area contributed by atoms with Gasteiger partial charge in [0.1, 0.15) is 0 Å². The van der Waals surface area contributed by atoms with Crippen molar-refractivity contribution in [1.29, 1.82) is 0 Å². The van der Waals surface area contributed by atoms with Crippen LogP contribution >= 0.6 is 0 Å². The van der Waals surface area contributed by atoms with Gasteiger partial charge in [0.15, 0.2) is 0 Å². The predicted molar refractivity (Wildman–Crippen MR) is 77.8 cm³/mol. The molecule has 0 fully saturated rings. The summed E-state index contributed by atoms with van der Waals surface area (Å²) in [4.78, 5) is 0. The van der Waals surface area contributed by atoms with Crippen molar-refractivity contribution < 1.29 is 4.74 Å². The van der Waals surface area contributed by atoms with Crippen molar-refractivity contribution >= 4 is 0 Å². The van der Waals surface area contributed by atoms with Crippen LogP contribution in [0.1, 0.15) is 51.1 Å². The average Bonchev–Trinajstić information content (AvgIpc) is 2.43. The van der Waals surface area contributed by atoms with Crippen LogP contribution < -0.4 is 5.32 Å². The zero-order valence-electron chi connectivity index (χ0n) is 12.0. The first-order valence-corrected chi connectivity index (χ1v) is 7.09. The van der Waals surface area contributed by atoms with Gasteiger partial charge in [0.05, 0.1) is 6.10 Å². The Kier molecular flexibility index (Phi) is 7.70. The molecule has 102 valence electrons. The molecule has 0 bridgehead atoms. The molecule has 0 aliphatic heterocycles. The molecule has 1 rings (SSSR count). The molecule has 0 amide bonds. The Balaban J connectivity index is 2.18. The highest BCUT2D eigenvalue weighted by atomic mass is 16.5. The van der Waals surface area contributed by atoms with E-state index in [0.29, 0.717) is 12.1 Å². The van der Waals surface area contributed by atoms with Crippen molar-refractivity contribution in [2.24, 2.45) is 0 Å². The summed E-state index contributed by atoms with van der Waals surface area (Å²) in [5.74, 6) is 0. The van der Waals surface area contributed by atoms with E-state index < -0.39 is 0 Å². The van der Waals surface area contributed by atoms with Gasteiger partial charge in [-0.05, 0) is 38.3 Å². The topological polar surface area (TPSA) is 21.3 Å². The van der Waals surface area contributed by atoms with Crippen LogP contribution in [0.15, 0.2) is 30.3 Å². The first-order valence-electron chi connectivity index (χ1n) is 7.09. The van der Waals surface area contributed by atoms with E-state index in [9.17, 15) is 0 Å². The van der Waals surface area contributed by atoms with Crippen molar-refractivity contribution in [2.45, 2.75) is 51.7 Å². The van der Waals surface area contributed by atoms with Gasteiger partial charge in [0.25, 0.3) is 0 Å². The normalized spacial score (nSPS) is 14.4. The number of hydrogen-bond donors (Lipinski definition) is 1.